The van der Waals surface area contributed by atoms with Crippen LogP contribution >= 0.6 is 0 Å². The van der Waals surface area contributed by atoms with Crippen LogP contribution in [-0.2, 0) is 9.53 Å². The molecular formula is C18H32O2. The topological polar surface area (TPSA) is 26.3 Å². The maximum Gasteiger partial charge on any atom is 0.306 e. The largest absolute Gasteiger partial charge is 0.462 e. The molecule has 116 valence electrons. The van der Waals surface area contributed by atoms with E-state index in [0.717, 1.165) is 32.1 Å². The maximum atomic E-state index is 11.8. The van der Waals surface area contributed by atoms with Crippen molar-refractivity contribution in [3.05, 3.63) is 12.2 Å². The highest BCUT2D eigenvalue weighted by Gasteiger charge is 2.13. The molecule has 0 aliphatic carbocycles. The van der Waals surface area contributed by atoms with Crippen molar-refractivity contribution in [2.24, 2.45) is 0 Å². The zero-order valence-electron chi connectivity index (χ0n) is 13.3. The third kappa shape index (κ3) is 8.39. The van der Waals surface area contributed by atoms with Crippen molar-refractivity contribution < 1.29 is 9.53 Å². The molecule has 0 radical (unpaired) electrons. The summed E-state index contributed by atoms with van der Waals surface area (Å²) < 4.78 is 5.57. The molecule has 1 atom stereocenters. The van der Waals surface area contributed by atoms with Gasteiger partial charge >= 0.3 is 5.97 Å². The highest BCUT2D eigenvalue weighted by molar-refractivity contribution is 5.69. The van der Waals surface area contributed by atoms with Gasteiger partial charge < -0.3 is 4.74 Å². The van der Waals surface area contributed by atoms with Crippen LogP contribution in [0.1, 0.15) is 90.4 Å². The minimum atomic E-state index is -0.00504. The first-order valence-corrected chi connectivity index (χ1v) is 8.58. The third-order valence-electron chi connectivity index (χ3n) is 4.23. The van der Waals surface area contributed by atoms with E-state index in [1.807, 2.05) is 0 Å². The zero-order valence-corrected chi connectivity index (χ0v) is 13.3. The minimum Gasteiger partial charge on any atom is -0.462 e. The lowest BCUT2D eigenvalue weighted by molar-refractivity contribution is -0.149. The second-order valence-corrected chi connectivity index (χ2v) is 6.14. The summed E-state index contributed by atoms with van der Waals surface area (Å²) >= 11 is 0. The Morgan fingerprint density at radius 1 is 0.950 bits per heavy atom. The summed E-state index contributed by atoms with van der Waals surface area (Å²) in [6, 6.07) is 0. The van der Waals surface area contributed by atoms with E-state index in [-0.39, 0.29) is 12.1 Å². The van der Waals surface area contributed by atoms with Crippen molar-refractivity contribution in [3.63, 3.8) is 0 Å². The van der Waals surface area contributed by atoms with Crippen molar-refractivity contribution in [2.45, 2.75) is 96.5 Å². The summed E-state index contributed by atoms with van der Waals surface area (Å²) in [7, 11) is 0. The summed E-state index contributed by atoms with van der Waals surface area (Å²) in [4.78, 5) is 11.8. The van der Waals surface area contributed by atoms with Gasteiger partial charge in [0, 0.05) is 6.42 Å². The Balaban J connectivity index is 2.39. The van der Waals surface area contributed by atoms with E-state index in [2.05, 4.69) is 13.5 Å². The van der Waals surface area contributed by atoms with Gasteiger partial charge in [-0.3, -0.25) is 4.79 Å². The maximum absolute atomic E-state index is 11.8. The van der Waals surface area contributed by atoms with Crippen LogP contribution in [0.5, 0.6) is 0 Å². The number of carbonyl (C=O) groups excluding carboxylic acids is 1. The van der Waals surface area contributed by atoms with E-state index in [1.165, 1.54) is 50.5 Å². The van der Waals surface area contributed by atoms with Crippen LogP contribution in [0, 0.1) is 0 Å². The van der Waals surface area contributed by atoms with Crippen LogP contribution in [-0.4, -0.2) is 12.1 Å². The van der Waals surface area contributed by atoms with E-state index in [1.54, 1.807) is 0 Å². The lowest BCUT2D eigenvalue weighted by Gasteiger charge is -2.17. The van der Waals surface area contributed by atoms with Crippen LogP contribution in [0.25, 0.3) is 0 Å². The Kier molecular flexibility index (Phi) is 9.44. The van der Waals surface area contributed by atoms with E-state index < -0.39 is 0 Å². The number of hydrogen-bond donors (Lipinski definition) is 0. The molecule has 0 aromatic rings. The molecule has 0 bridgehead atoms. The van der Waals surface area contributed by atoms with Crippen molar-refractivity contribution in [2.75, 3.05) is 0 Å². The van der Waals surface area contributed by atoms with Gasteiger partial charge in [0.1, 0.15) is 6.10 Å². The van der Waals surface area contributed by atoms with Crippen molar-refractivity contribution in [3.8, 4) is 0 Å². The monoisotopic (exact) mass is 280 g/mol. The number of cyclic esters (lactones) is 1. The van der Waals surface area contributed by atoms with Gasteiger partial charge in [-0.2, -0.15) is 0 Å². The van der Waals surface area contributed by atoms with Crippen molar-refractivity contribution >= 4 is 5.97 Å². The molecule has 1 aliphatic heterocycles. The first kappa shape index (κ1) is 17.3. The molecule has 0 saturated carbocycles. The lowest BCUT2D eigenvalue weighted by Crippen LogP contribution is -2.17. The van der Waals surface area contributed by atoms with Crippen molar-refractivity contribution in [1.29, 1.82) is 0 Å². The fourth-order valence-electron chi connectivity index (χ4n) is 2.79. The van der Waals surface area contributed by atoms with E-state index in [0.29, 0.717) is 6.42 Å². The quantitative estimate of drug-likeness (QED) is 0.464. The predicted octanol–water partition coefficient (Wildman–Crippen LogP) is 5.56. The van der Waals surface area contributed by atoms with Crippen LogP contribution < -0.4 is 0 Å². The van der Waals surface area contributed by atoms with Gasteiger partial charge in [0.25, 0.3) is 0 Å². The summed E-state index contributed by atoms with van der Waals surface area (Å²) in [5, 5.41) is 0. The predicted molar refractivity (Wildman–Crippen MR) is 84.7 cm³/mol. The molecule has 20 heavy (non-hydrogen) atoms. The standard InChI is InChI=1S/C18H32O2/c1-3-17-15-14-16(2)12-10-8-6-4-5-7-9-11-13-18(19)20-17/h17H,2-15H2,1H3. The normalized spacial score (nSPS) is 25.1. The van der Waals surface area contributed by atoms with Gasteiger partial charge in [0.2, 0.25) is 0 Å². The highest BCUT2D eigenvalue weighted by Crippen LogP contribution is 2.19. The molecule has 1 saturated heterocycles. The zero-order chi connectivity index (χ0) is 14.6. The Hall–Kier alpha value is -0.790. The van der Waals surface area contributed by atoms with Gasteiger partial charge in [-0.1, -0.05) is 57.6 Å². The molecule has 1 fully saturated rings. The SMILES string of the molecule is C=C1CCCCCCCCCCC(=O)OC(CC)CC1. The fourth-order valence-corrected chi connectivity index (χ4v) is 2.79. The number of hydrogen-bond acceptors (Lipinski definition) is 2. The Bertz CT molecular complexity index is 283. The average molecular weight is 280 g/mol. The van der Waals surface area contributed by atoms with Gasteiger partial charge in [-0.05, 0) is 38.5 Å². The van der Waals surface area contributed by atoms with Crippen molar-refractivity contribution in [1.82, 2.24) is 0 Å². The first-order valence-electron chi connectivity index (χ1n) is 8.58. The summed E-state index contributed by atoms with van der Waals surface area (Å²) in [6.07, 6.45) is 14.7. The number of esters is 1. The van der Waals surface area contributed by atoms with Gasteiger partial charge in [-0.25, -0.2) is 0 Å². The number of rotatable bonds is 1. The lowest BCUT2D eigenvalue weighted by atomic mass is 10.00. The molecule has 1 rings (SSSR count). The summed E-state index contributed by atoms with van der Waals surface area (Å²) in [5.74, 6) is -0.00504. The second kappa shape index (κ2) is 10.9. The highest BCUT2D eigenvalue weighted by atomic mass is 16.5. The fraction of sp³-hybridized carbons (Fsp3) is 0.833. The first-order chi connectivity index (χ1) is 9.72. The molecule has 2 nitrogen and oxygen atoms in total. The van der Waals surface area contributed by atoms with Crippen LogP contribution in [0.15, 0.2) is 12.2 Å². The van der Waals surface area contributed by atoms with E-state index in [9.17, 15) is 4.79 Å². The minimum absolute atomic E-state index is 0.00504. The molecule has 0 spiro atoms. The third-order valence-corrected chi connectivity index (χ3v) is 4.23. The van der Waals surface area contributed by atoms with Gasteiger partial charge in [-0.15, -0.1) is 0 Å². The molecule has 1 unspecified atom stereocenters. The molecule has 0 N–H and O–H groups in total. The summed E-state index contributed by atoms with van der Waals surface area (Å²) in [6.45, 7) is 6.26. The smallest absolute Gasteiger partial charge is 0.306 e. The number of ether oxygens (including phenoxy) is 1. The van der Waals surface area contributed by atoms with Crippen LogP contribution in [0.4, 0.5) is 0 Å². The second-order valence-electron chi connectivity index (χ2n) is 6.14. The average Bonchev–Trinajstić information content (AvgIpc) is 2.44. The molecule has 2 heteroatoms. The van der Waals surface area contributed by atoms with Gasteiger partial charge in [0.05, 0.1) is 0 Å². The van der Waals surface area contributed by atoms with Crippen LogP contribution in [0.3, 0.4) is 0 Å². The molecule has 0 aromatic carbocycles. The molecule has 1 heterocycles. The Labute approximate surface area is 125 Å². The molecule has 1 aliphatic rings. The Morgan fingerprint density at radius 3 is 2.10 bits per heavy atom. The van der Waals surface area contributed by atoms with E-state index >= 15 is 0 Å². The van der Waals surface area contributed by atoms with Crippen LogP contribution in [0.2, 0.25) is 0 Å². The van der Waals surface area contributed by atoms with E-state index in [4.69, 9.17) is 4.74 Å². The Morgan fingerprint density at radius 2 is 1.50 bits per heavy atom. The molecule has 0 amide bonds. The number of carbonyl (C=O) groups is 1. The summed E-state index contributed by atoms with van der Waals surface area (Å²) in [5.41, 5.74) is 1.33. The van der Waals surface area contributed by atoms with Gasteiger partial charge in [0.15, 0.2) is 0 Å². The molecule has 0 aromatic heterocycles. The number of allylic oxidation sites excluding steroid dienone is 1. The molecular weight excluding hydrogens is 248 g/mol.